The molecule has 1 aliphatic rings. The molecule has 0 radical (unpaired) electrons. The number of hydrogen-bond acceptors (Lipinski definition) is 2. The highest BCUT2D eigenvalue weighted by atomic mass is 35.5. The number of nitrogens with one attached hydrogen (secondary N) is 1. The lowest BCUT2D eigenvalue weighted by molar-refractivity contribution is -0.124. The fourth-order valence-corrected chi connectivity index (χ4v) is 1.93. The number of ether oxygens (including phenoxy) is 1. The van der Waals surface area contributed by atoms with Gasteiger partial charge >= 0.3 is 0 Å². The summed E-state index contributed by atoms with van der Waals surface area (Å²) < 4.78 is 5.26. The van der Waals surface area contributed by atoms with Gasteiger partial charge in [0.2, 0.25) is 5.91 Å². The van der Waals surface area contributed by atoms with Gasteiger partial charge in [-0.05, 0) is 17.7 Å². The number of halogens is 2. The average molecular weight is 260 g/mol. The molecule has 1 aliphatic heterocycles. The second-order valence-corrected chi connectivity index (χ2v) is 4.50. The van der Waals surface area contributed by atoms with E-state index < -0.39 is 0 Å². The molecule has 0 spiro atoms. The number of benzene rings is 1. The van der Waals surface area contributed by atoms with Crippen molar-refractivity contribution in [3.05, 3.63) is 33.8 Å². The summed E-state index contributed by atoms with van der Waals surface area (Å²) >= 11 is 11.8. The number of carbonyl (C=O) groups is 1. The van der Waals surface area contributed by atoms with Crippen LogP contribution < -0.4 is 5.32 Å². The normalized spacial score (nSPS) is 21.4. The Labute approximate surface area is 104 Å². The average Bonchev–Trinajstić information content (AvgIpc) is 2.47. The third kappa shape index (κ3) is 2.67. The van der Waals surface area contributed by atoms with E-state index in [1.807, 2.05) is 12.1 Å². The molecule has 1 aromatic rings. The second-order valence-electron chi connectivity index (χ2n) is 3.69. The van der Waals surface area contributed by atoms with Crippen molar-refractivity contribution in [3.63, 3.8) is 0 Å². The summed E-state index contributed by atoms with van der Waals surface area (Å²) in [5, 5.41) is 3.84. The molecular formula is C11H11Cl2NO2. The zero-order valence-corrected chi connectivity index (χ0v) is 10.0. The molecule has 1 aromatic carbocycles. The quantitative estimate of drug-likeness (QED) is 0.840. The van der Waals surface area contributed by atoms with E-state index in [4.69, 9.17) is 27.9 Å². The van der Waals surface area contributed by atoms with Crippen molar-refractivity contribution in [3.8, 4) is 0 Å². The van der Waals surface area contributed by atoms with Crippen molar-refractivity contribution in [2.75, 3.05) is 19.8 Å². The molecule has 1 heterocycles. The van der Waals surface area contributed by atoms with Crippen LogP contribution in [0.4, 0.5) is 0 Å². The van der Waals surface area contributed by atoms with Crippen molar-refractivity contribution in [2.24, 2.45) is 0 Å². The first-order chi connectivity index (χ1) is 7.66. The molecule has 1 amide bonds. The van der Waals surface area contributed by atoms with Crippen LogP contribution in [-0.2, 0) is 9.53 Å². The molecule has 1 unspecified atom stereocenters. The minimum atomic E-state index is -0.0810. The number of amides is 1. The summed E-state index contributed by atoms with van der Waals surface area (Å²) in [7, 11) is 0. The molecule has 1 N–H and O–H groups in total. The maximum Gasteiger partial charge on any atom is 0.246 e. The van der Waals surface area contributed by atoms with Gasteiger partial charge in [0.1, 0.15) is 6.61 Å². The van der Waals surface area contributed by atoms with Gasteiger partial charge in [-0.2, -0.15) is 0 Å². The van der Waals surface area contributed by atoms with Crippen LogP contribution in [-0.4, -0.2) is 25.7 Å². The molecule has 3 nitrogen and oxygen atoms in total. The van der Waals surface area contributed by atoms with Crippen molar-refractivity contribution >= 4 is 29.1 Å². The Morgan fingerprint density at radius 3 is 2.88 bits per heavy atom. The zero-order chi connectivity index (χ0) is 11.5. The van der Waals surface area contributed by atoms with Crippen molar-refractivity contribution < 1.29 is 9.53 Å². The number of carbonyl (C=O) groups excluding carboxylic acids is 1. The van der Waals surface area contributed by atoms with Gasteiger partial charge in [0.05, 0.1) is 16.7 Å². The van der Waals surface area contributed by atoms with Gasteiger partial charge in [0, 0.05) is 12.5 Å². The fraction of sp³-hybridized carbons (Fsp3) is 0.364. The van der Waals surface area contributed by atoms with Gasteiger partial charge in [-0.1, -0.05) is 29.3 Å². The fourth-order valence-electron chi connectivity index (χ4n) is 1.62. The first-order valence-corrected chi connectivity index (χ1v) is 5.72. The molecule has 86 valence electrons. The first kappa shape index (κ1) is 11.7. The van der Waals surface area contributed by atoms with Gasteiger partial charge in [-0.25, -0.2) is 0 Å². The smallest absolute Gasteiger partial charge is 0.246 e. The number of hydrogen-bond donors (Lipinski definition) is 1. The van der Waals surface area contributed by atoms with E-state index in [2.05, 4.69) is 5.32 Å². The highest BCUT2D eigenvalue weighted by Gasteiger charge is 2.18. The lowest BCUT2D eigenvalue weighted by atomic mass is 10.0. The highest BCUT2D eigenvalue weighted by molar-refractivity contribution is 6.42. The monoisotopic (exact) mass is 259 g/mol. The predicted molar refractivity (Wildman–Crippen MR) is 63.0 cm³/mol. The molecule has 1 fully saturated rings. The Morgan fingerprint density at radius 2 is 2.12 bits per heavy atom. The second kappa shape index (κ2) is 5.04. The Morgan fingerprint density at radius 1 is 1.31 bits per heavy atom. The molecule has 2 rings (SSSR count). The SMILES string of the molecule is O=C1COCC(c2ccc(Cl)c(Cl)c2)CN1. The van der Waals surface area contributed by atoms with Gasteiger partial charge in [0.25, 0.3) is 0 Å². The minimum absolute atomic E-state index is 0.0810. The van der Waals surface area contributed by atoms with E-state index in [1.165, 1.54) is 0 Å². The minimum Gasteiger partial charge on any atom is -0.371 e. The molecule has 1 saturated heterocycles. The maximum atomic E-state index is 11.1. The van der Waals surface area contributed by atoms with E-state index in [-0.39, 0.29) is 18.4 Å². The molecular weight excluding hydrogens is 249 g/mol. The van der Waals surface area contributed by atoms with Gasteiger partial charge < -0.3 is 10.1 Å². The van der Waals surface area contributed by atoms with Gasteiger partial charge in [-0.3, -0.25) is 4.79 Å². The van der Waals surface area contributed by atoms with Crippen LogP contribution in [0.3, 0.4) is 0 Å². The van der Waals surface area contributed by atoms with Crippen LogP contribution in [0, 0.1) is 0 Å². The van der Waals surface area contributed by atoms with E-state index in [0.717, 1.165) is 5.56 Å². The Hall–Kier alpha value is -0.770. The summed E-state index contributed by atoms with van der Waals surface area (Å²) in [5.74, 6) is 0.0452. The summed E-state index contributed by atoms with van der Waals surface area (Å²) in [4.78, 5) is 11.1. The first-order valence-electron chi connectivity index (χ1n) is 4.96. The third-order valence-electron chi connectivity index (χ3n) is 2.51. The van der Waals surface area contributed by atoms with Crippen LogP contribution in [0.5, 0.6) is 0 Å². The molecule has 16 heavy (non-hydrogen) atoms. The summed E-state index contributed by atoms with van der Waals surface area (Å²) in [6.45, 7) is 1.20. The molecule has 1 atom stereocenters. The van der Waals surface area contributed by atoms with Gasteiger partial charge in [0.15, 0.2) is 0 Å². The number of rotatable bonds is 1. The van der Waals surface area contributed by atoms with Crippen molar-refractivity contribution in [2.45, 2.75) is 5.92 Å². The lowest BCUT2D eigenvalue weighted by Gasteiger charge is -2.14. The predicted octanol–water partition coefficient (Wildman–Crippen LogP) is 2.22. The maximum absolute atomic E-state index is 11.1. The van der Waals surface area contributed by atoms with Crippen LogP contribution in [0.2, 0.25) is 10.0 Å². The van der Waals surface area contributed by atoms with E-state index in [0.29, 0.717) is 23.2 Å². The van der Waals surface area contributed by atoms with Gasteiger partial charge in [-0.15, -0.1) is 0 Å². The third-order valence-corrected chi connectivity index (χ3v) is 3.25. The Bertz CT molecular complexity index is 409. The topological polar surface area (TPSA) is 38.3 Å². The molecule has 0 saturated carbocycles. The zero-order valence-electron chi connectivity index (χ0n) is 8.50. The largest absolute Gasteiger partial charge is 0.371 e. The highest BCUT2D eigenvalue weighted by Crippen LogP contribution is 2.26. The molecule has 0 aromatic heterocycles. The van der Waals surface area contributed by atoms with E-state index in [1.54, 1.807) is 6.07 Å². The lowest BCUT2D eigenvalue weighted by Crippen LogP contribution is -2.27. The van der Waals surface area contributed by atoms with Crippen molar-refractivity contribution in [1.29, 1.82) is 0 Å². The van der Waals surface area contributed by atoms with Crippen LogP contribution in [0.15, 0.2) is 18.2 Å². The summed E-state index contributed by atoms with van der Waals surface area (Å²) in [6, 6.07) is 5.47. The summed E-state index contributed by atoms with van der Waals surface area (Å²) in [5.41, 5.74) is 1.02. The summed E-state index contributed by atoms with van der Waals surface area (Å²) in [6.07, 6.45) is 0. The van der Waals surface area contributed by atoms with E-state index >= 15 is 0 Å². The van der Waals surface area contributed by atoms with Crippen LogP contribution in [0.1, 0.15) is 11.5 Å². The van der Waals surface area contributed by atoms with Crippen molar-refractivity contribution in [1.82, 2.24) is 5.32 Å². The standard InChI is InChI=1S/C11H11Cl2NO2/c12-9-2-1-7(3-10(9)13)8-4-14-11(15)6-16-5-8/h1-3,8H,4-6H2,(H,14,15). The van der Waals surface area contributed by atoms with Crippen LogP contribution >= 0.6 is 23.2 Å². The molecule has 0 bridgehead atoms. The Balaban J connectivity index is 2.16. The molecule has 0 aliphatic carbocycles. The van der Waals surface area contributed by atoms with E-state index in [9.17, 15) is 4.79 Å². The Kier molecular flexibility index (Phi) is 3.69. The molecule has 5 heteroatoms. The van der Waals surface area contributed by atoms with Crippen LogP contribution in [0.25, 0.3) is 0 Å².